The monoisotopic (exact) mass is 343 g/mol. The average molecular weight is 343 g/mol. The van der Waals surface area contributed by atoms with Gasteiger partial charge in [0, 0.05) is 31.7 Å². The molecule has 1 aliphatic carbocycles. The first-order valence-corrected chi connectivity index (χ1v) is 8.09. The number of halogens is 3. The van der Waals surface area contributed by atoms with Gasteiger partial charge in [-0.2, -0.15) is 13.2 Å². The molecule has 1 N–H and O–H groups in total. The fourth-order valence-corrected chi connectivity index (χ4v) is 2.82. The molecule has 0 aromatic carbocycles. The van der Waals surface area contributed by atoms with Crippen LogP contribution in [0.3, 0.4) is 0 Å². The van der Waals surface area contributed by atoms with Gasteiger partial charge in [-0.25, -0.2) is 4.98 Å². The van der Waals surface area contributed by atoms with Crippen LogP contribution >= 0.6 is 0 Å². The fourth-order valence-electron chi connectivity index (χ4n) is 2.82. The van der Waals surface area contributed by atoms with Crippen molar-refractivity contribution >= 4 is 5.91 Å². The van der Waals surface area contributed by atoms with Gasteiger partial charge in [0.2, 0.25) is 5.88 Å². The number of nitrogens with zero attached hydrogens (tertiary/aromatic N) is 2. The van der Waals surface area contributed by atoms with Crippen molar-refractivity contribution in [3.8, 4) is 5.88 Å². The number of carbonyl (C=O) groups is 1. The lowest BCUT2D eigenvalue weighted by molar-refractivity contribution is -0.154. The summed E-state index contributed by atoms with van der Waals surface area (Å²) < 4.78 is 41.1. The summed E-state index contributed by atoms with van der Waals surface area (Å²) in [5.74, 6) is 0.219. The third-order valence-corrected chi connectivity index (χ3v) is 4.16. The van der Waals surface area contributed by atoms with Gasteiger partial charge in [-0.15, -0.1) is 0 Å². The molecule has 1 saturated carbocycles. The van der Waals surface area contributed by atoms with Crippen LogP contribution in [0.5, 0.6) is 5.88 Å². The predicted molar refractivity (Wildman–Crippen MR) is 80.8 cm³/mol. The first kappa shape index (κ1) is 17.0. The highest BCUT2D eigenvalue weighted by molar-refractivity contribution is 5.92. The lowest BCUT2D eigenvalue weighted by Gasteiger charge is -2.16. The van der Waals surface area contributed by atoms with Gasteiger partial charge in [-0.3, -0.25) is 4.79 Å². The van der Waals surface area contributed by atoms with Gasteiger partial charge in [0.1, 0.15) is 5.69 Å². The van der Waals surface area contributed by atoms with Gasteiger partial charge in [-0.05, 0) is 31.2 Å². The molecule has 1 aliphatic heterocycles. The van der Waals surface area contributed by atoms with Crippen LogP contribution in [0, 0.1) is 5.92 Å². The molecular formula is C16H20F3N3O2. The number of ether oxygens (including phenoxy) is 1. The number of rotatable bonds is 6. The van der Waals surface area contributed by atoms with E-state index in [2.05, 4.69) is 19.9 Å². The third-order valence-electron chi connectivity index (χ3n) is 4.16. The van der Waals surface area contributed by atoms with Gasteiger partial charge < -0.3 is 15.0 Å². The Bertz CT molecular complexity index is 590. The Hall–Kier alpha value is -1.83. The standard InChI is InChI=1S/C16H20F3N3O2/c17-16(18,19)10-24-14-3-1-2-13(21-14)15(23)20-12-6-7-22(9-12)8-11-4-5-11/h1-3,11-12H,4-10H2,(H,20,23)/t12-/m1/s1. The zero-order chi connectivity index (χ0) is 17.2. The van der Waals surface area contributed by atoms with Crippen LogP contribution in [0.25, 0.3) is 0 Å². The zero-order valence-corrected chi connectivity index (χ0v) is 13.2. The average Bonchev–Trinajstić information content (AvgIpc) is 3.23. The molecule has 1 aromatic rings. The molecule has 1 aromatic heterocycles. The van der Waals surface area contributed by atoms with E-state index in [0.29, 0.717) is 0 Å². The van der Waals surface area contributed by atoms with Gasteiger partial charge in [-0.1, -0.05) is 6.07 Å². The molecule has 2 heterocycles. The highest BCUT2D eigenvalue weighted by Crippen LogP contribution is 2.30. The van der Waals surface area contributed by atoms with Crippen molar-refractivity contribution < 1.29 is 22.7 Å². The number of nitrogens with one attached hydrogen (secondary N) is 1. The van der Waals surface area contributed by atoms with E-state index in [1.54, 1.807) is 0 Å². The Kier molecular flexibility index (Phi) is 4.93. The summed E-state index contributed by atoms with van der Waals surface area (Å²) in [7, 11) is 0. The Labute approximate surface area is 138 Å². The summed E-state index contributed by atoms with van der Waals surface area (Å²) in [4.78, 5) is 18.4. The predicted octanol–water partition coefficient (Wildman–Crippen LogP) is 2.24. The molecule has 0 unspecified atom stereocenters. The second-order valence-electron chi connectivity index (χ2n) is 6.43. The minimum atomic E-state index is -4.44. The van der Waals surface area contributed by atoms with Crippen molar-refractivity contribution in [2.75, 3.05) is 26.2 Å². The van der Waals surface area contributed by atoms with E-state index in [1.165, 1.54) is 31.0 Å². The third kappa shape index (κ3) is 5.09. The van der Waals surface area contributed by atoms with Crippen LogP contribution in [0.4, 0.5) is 13.2 Å². The number of carbonyl (C=O) groups excluding carboxylic acids is 1. The second-order valence-corrected chi connectivity index (χ2v) is 6.43. The second kappa shape index (κ2) is 6.96. The number of pyridine rings is 1. The van der Waals surface area contributed by atoms with Crippen LogP contribution in [0.1, 0.15) is 29.8 Å². The summed E-state index contributed by atoms with van der Waals surface area (Å²) >= 11 is 0. The minimum Gasteiger partial charge on any atom is -0.468 e. The van der Waals surface area contributed by atoms with Crippen LogP contribution in [-0.4, -0.2) is 54.3 Å². The number of hydrogen-bond acceptors (Lipinski definition) is 4. The fraction of sp³-hybridized carbons (Fsp3) is 0.625. The first-order chi connectivity index (χ1) is 11.4. The van der Waals surface area contributed by atoms with E-state index < -0.39 is 12.8 Å². The molecule has 5 nitrogen and oxygen atoms in total. The van der Waals surface area contributed by atoms with Crippen LogP contribution < -0.4 is 10.1 Å². The van der Waals surface area contributed by atoms with Crippen molar-refractivity contribution in [3.05, 3.63) is 23.9 Å². The van der Waals surface area contributed by atoms with Gasteiger partial charge in [0.25, 0.3) is 5.91 Å². The van der Waals surface area contributed by atoms with E-state index in [0.717, 1.165) is 32.0 Å². The summed E-state index contributed by atoms with van der Waals surface area (Å²) in [6.45, 7) is 1.44. The van der Waals surface area contributed by atoms with Gasteiger partial charge >= 0.3 is 6.18 Å². The summed E-state index contributed by atoms with van der Waals surface area (Å²) in [5, 5.41) is 2.90. The molecule has 2 aliphatic rings. The normalized spacial score (nSPS) is 21.7. The molecule has 1 amide bonds. The molecule has 132 valence electrons. The van der Waals surface area contributed by atoms with E-state index in [9.17, 15) is 18.0 Å². The van der Waals surface area contributed by atoms with Crippen molar-refractivity contribution in [2.45, 2.75) is 31.5 Å². The quantitative estimate of drug-likeness (QED) is 0.861. The van der Waals surface area contributed by atoms with E-state index in [-0.39, 0.29) is 23.5 Å². The summed E-state index contributed by atoms with van der Waals surface area (Å²) in [5.41, 5.74) is 0.0651. The highest BCUT2D eigenvalue weighted by Gasteiger charge is 2.30. The van der Waals surface area contributed by atoms with Crippen LogP contribution in [-0.2, 0) is 0 Å². The number of aromatic nitrogens is 1. The Morgan fingerprint density at radius 2 is 2.12 bits per heavy atom. The van der Waals surface area contributed by atoms with Crippen molar-refractivity contribution in [1.29, 1.82) is 0 Å². The SMILES string of the molecule is O=C(N[C@@H]1CCN(CC2CC2)C1)c1cccc(OCC(F)(F)F)n1. The maximum atomic E-state index is 12.2. The maximum Gasteiger partial charge on any atom is 0.422 e. The highest BCUT2D eigenvalue weighted by atomic mass is 19.4. The molecule has 3 rings (SSSR count). The van der Waals surface area contributed by atoms with Crippen molar-refractivity contribution in [1.82, 2.24) is 15.2 Å². The smallest absolute Gasteiger partial charge is 0.422 e. The van der Waals surface area contributed by atoms with E-state index >= 15 is 0 Å². The number of amides is 1. The molecule has 2 fully saturated rings. The topological polar surface area (TPSA) is 54.5 Å². The number of alkyl halides is 3. The minimum absolute atomic E-state index is 0.0535. The maximum absolute atomic E-state index is 12.2. The Balaban J connectivity index is 1.51. The van der Waals surface area contributed by atoms with Crippen molar-refractivity contribution in [3.63, 3.8) is 0 Å². The molecule has 1 saturated heterocycles. The van der Waals surface area contributed by atoms with Crippen LogP contribution in [0.2, 0.25) is 0 Å². The Morgan fingerprint density at radius 3 is 2.83 bits per heavy atom. The van der Waals surface area contributed by atoms with E-state index in [4.69, 9.17) is 0 Å². The lowest BCUT2D eigenvalue weighted by Crippen LogP contribution is -2.37. The summed E-state index contributed by atoms with van der Waals surface area (Å²) in [6, 6.07) is 4.28. The first-order valence-electron chi connectivity index (χ1n) is 8.09. The lowest BCUT2D eigenvalue weighted by atomic mass is 10.2. The zero-order valence-electron chi connectivity index (χ0n) is 13.2. The molecule has 0 spiro atoms. The largest absolute Gasteiger partial charge is 0.468 e. The van der Waals surface area contributed by atoms with Gasteiger partial charge in [0.15, 0.2) is 6.61 Å². The van der Waals surface area contributed by atoms with Crippen molar-refractivity contribution in [2.24, 2.45) is 5.92 Å². The van der Waals surface area contributed by atoms with Crippen LogP contribution in [0.15, 0.2) is 18.2 Å². The molecule has 1 atom stereocenters. The number of hydrogen-bond donors (Lipinski definition) is 1. The van der Waals surface area contributed by atoms with E-state index in [1.807, 2.05) is 0 Å². The molecule has 0 bridgehead atoms. The summed E-state index contributed by atoms with van der Waals surface area (Å²) in [6.07, 6.45) is -0.970. The molecular weight excluding hydrogens is 323 g/mol. The molecule has 8 heteroatoms. The van der Waals surface area contributed by atoms with Gasteiger partial charge in [0.05, 0.1) is 0 Å². The Morgan fingerprint density at radius 1 is 1.33 bits per heavy atom. The number of likely N-dealkylation sites (tertiary alicyclic amines) is 1. The molecule has 0 radical (unpaired) electrons. The molecule has 24 heavy (non-hydrogen) atoms.